The van der Waals surface area contributed by atoms with Crippen molar-refractivity contribution in [1.82, 2.24) is 0 Å². The van der Waals surface area contributed by atoms with Crippen molar-refractivity contribution < 1.29 is 12.8 Å². The summed E-state index contributed by atoms with van der Waals surface area (Å²) < 4.78 is 0. The van der Waals surface area contributed by atoms with E-state index in [0.29, 0.717) is 0 Å². The Morgan fingerprint density at radius 3 is 1.00 bits per heavy atom. The van der Waals surface area contributed by atoms with Gasteiger partial charge in [-0.25, -0.2) is 0 Å². The Morgan fingerprint density at radius 2 is 1.00 bits per heavy atom. The van der Waals surface area contributed by atoms with Crippen LogP contribution in [-0.2, 0) is 12.8 Å². The Morgan fingerprint density at radius 1 is 1.00 bits per heavy atom. The summed E-state index contributed by atoms with van der Waals surface area (Å²) >= 11 is -3.21. The fourth-order valence-electron chi connectivity index (χ4n) is 0. The molecule has 0 aromatic carbocycles. The summed E-state index contributed by atoms with van der Waals surface area (Å²) in [5.41, 5.74) is 13.5. The molecule has 0 bridgehead atoms. The van der Waals surface area contributed by atoms with Gasteiger partial charge in [-0.15, -0.1) is 0 Å². The van der Waals surface area contributed by atoms with Crippen LogP contribution in [0.1, 0.15) is 0 Å². The molecule has 0 saturated heterocycles. The van der Waals surface area contributed by atoms with Gasteiger partial charge in [0.15, 0.2) is 0 Å². The molecule has 0 amide bonds. The Hall–Kier alpha value is 1.21. The first-order valence-electron chi connectivity index (χ1n) is 1.08. The standard InChI is InChI=1S/4ClH.N3.Nb/c;;;;1-3-2;/h4*1H;;/q;;;;-1;+4/p-4. The van der Waals surface area contributed by atoms with Crippen molar-refractivity contribution in [2.75, 3.05) is 0 Å². The van der Waals surface area contributed by atoms with Crippen LogP contribution in [0.25, 0.3) is 16.0 Å². The summed E-state index contributed by atoms with van der Waals surface area (Å²) in [6.07, 6.45) is 0. The maximum absolute atomic E-state index is 6.75. The number of halogens is 4. The van der Waals surface area contributed by atoms with E-state index in [0.717, 1.165) is 0 Å². The van der Waals surface area contributed by atoms with Gasteiger partial charge in [0, 0.05) is 0 Å². The quantitative estimate of drug-likeness (QED) is 0.281. The molecule has 3 nitrogen and oxygen atoms in total. The molecule has 0 aromatic rings. The van der Waals surface area contributed by atoms with Gasteiger partial charge in [0.05, 0.1) is 0 Å². The molecule has 0 spiro atoms. The van der Waals surface area contributed by atoms with Gasteiger partial charge >= 0.3 is 49.6 Å². The average Bonchev–Trinajstić information content (AvgIpc) is 1.27. The van der Waals surface area contributed by atoms with E-state index in [-0.39, 0.29) is 0 Å². The van der Waals surface area contributed by atoms with Crippen LogP contribution in [0.5, 0.6) is 0 Å². The molecule has 0 rings (SSSR count). The van der Waals surface area contributed by atoms with Gasteiger partial charge in [0.25, 0.3) is 0 Å². The molecule has 0 heterocycles. The van der Waals surface area contributed by atoms with Gasteiger partial charge in [-0.3, -0.25) is 4.91 Å². The zero-order chi connectivity index (χ0) is 7.21. The van der Waals surface area contributed by atoms with E-state index in [1.165, 1.54) is 4.91 Å². The van der Waals surface area contributed by atoms with Crippen LogP contribution in [0.3, 0.4) is 0 Å². The van der Waals surface area contributed by atoms with E-state index >= 15 is 0 Å². The first-order valence-corrected chi connectivity index (χ1v) is 12.4. The van der Waals surface area contributed by atoms with Crippen molar-refractivity contribution in [3.63, 3.8) is 0 Å². The van der Waals surface area contributed by atoms with Crippen molar-refractivity contribution in [3.8, 4) is 0 Å². The van der Waals surface area contributed by atoms with Crippen LogP contribution < -0.4 is 0 Å². The molecule has 0 atom stereocenters. The second-order valence-corrected chi connectivity index (χ2v) is 20.5. The van der Waals surface area contributed by atoms with Crippen molar-refractivity contribution in [1.29, 1.82) is 0 Å². The minimum absolute atomic E-state index is 1.50. The summed E-state index contributed by atoms with van der Waals surface area (Å²) in [7, 11) is 20.1. The maximum atomic E-state index is 6.75. The molecule has 0 aliphatic heterocycles. The molecule has 0 aromatic heterocycles. The second-order valence-electron chi connectivity index (χ2n) is 0.473. The van der Waals surface area contributed by atoms with E-state index < -0.39 is 12.8 Å². The molecule has 0 unspecified atom stereocenters. The number of hydrogen-bond donors (Lipinski definition) is 0. The van der Waals surface area contributed by atoms with Gasteiger partial charge in [-0.1, -0.05) is 0 Å². The molecule has 0 N–H and O–H groups in total. The summed E-state index contributed by atoms with van der Waals surface area (Å²) in [5.74, 6) is 0. The molecule has 49 valence electrons. The van der Waals surface area contributed by atoms with E-state index in [9.17, 15) is 0 Å². The molecule has 0 fully saturated rings. The van der Waals surface area contributed by atoms with Crippen LogP contribution in [-0.4, -0.2) is 0 Å². The van der Waals surface area contributed by atoms with E-state index in [4.69, 9.17) is 47.8 Å². The molecule has 0 radical (unpaired) electrons. The molecule has 0 aliphatic rings. The summed E-state index contributed by atoms with van der Waals surface area (Å²) in [5, 5.41) is 0. The first-order chi connectivity index (χ1) is 3.41. The monoisotopic (exact) mass is 275 g/mol. The third-order valence-electron chi connectivity index (χ3n) is 0. The number of hydrogen-bond acceptors (Lipinski definition) is 0. The Bertz CT molecular complexity index is 71.8. The summed E-state index contributed by atoms with van der Waals surface area (Å²) in [4.78, 5) is 1.50. The molecule has 8 heteroatoms. The Labute approximate surface area is 65.1 Å². The number of rotatable bonds is 0. The van der Waals surface area contributed by atoms with Gasteiger partial charge in [0.1, 0.15) is 0 Å². The molecule has 0 saturated carbocycles. The number of nitrogens with zero attached hydrogens (tertiary/aromatic N) is 3. The van der Waals surface area contributed by atoms with Crippen LogP contribution in [0, 0.1) is 0 Å². The van der Waals surface area contributed by atoms with Gasteiger partial charge in [-0.2, -0.15) is 0 Å². The fraction of sp³-hybridized carbons (Fsp3) is 0. The Balaban J connectivity index is 0. The average molecular weight is 277 g/mol. The molecular weight excluding hydrogens is 277 g/mol. The van der Waals surface area contributed by atoms with E-state index in [1.54, 1.807) is 0 Å². The van der Waals surface area contributed by atoms with Gasteiger partial charge in [-0.05, 0) is 0 Å². The maximum Gasteiger partial charge on any atom is -0.255 e. The zero-order valence-electron chi connectivity index (χ0n) is 3.30. The minimum atomic E-state index is -3.21. The largest absolute Gasteiger partial charge is 0.373 e. The summed E-state index contributed by atoms with van der Waals surface area (Å²) in [6, 6.07) is 0. The SMILES string of the molecule is [Cl][Nb]([Cl])([Cl])[Cl].[N-]=[N+]=[N-]. The smallest absolute Gasteiger partial charge is 0.255 e. The predicted octanol–water partition coefficient (Wildman–Crippen LogP) is 3.62. The molecular formula is Cl4N3Nb-. The van der Waals surface area contributed by atoms with Crippen LogP contribution >= 0.6 is 36.8 Å². The third kappa shape index (κ3) is 190. The van der Waals surface area contributed by atoms with Gasteiger partial charge < -0.3 is 11.1 Å². The normalized spacial score (nSPS) is 8.50. The molecule has 0 aliphatic carbocycles. The van der Waals surface area contributed by atoms with E-state index in [1.807, 2.05) is 0 Å². The zero-order valence-corrected chi connectivity index (χ0v) is 8.52. The van der Waals surface area contributed by atoms with Crippen molar-refractivity contribution in [2.45, 2.75) is 0 Å². The first kappa shape index (κ1) is 11.9. The summed E-state index contributed by atoms with van der Waals surface area (Å²) in [6.45, 7) is 0. The topological polar surface area (TPSA) is 58.7 Å². The van der Waals surface area contributed by atoms with Crippen LogP contribution in [0.15, 0.2) is 0 Å². The van der Waals surface area contributed by atoms with Gasteiger partial charge in [0.2, 0.25) is 0 Å². The van der Waals surface area contributed by atoms with E-state index in [2.05, 4.69) is 0 Å². The third-order valence-corrected chi connectivity index (χ3v) is 0. The predicted molar refractivity (Wildman–Crippen MR) is 33.5 cm³/mol. The van der Waals surface area contributed by atoms with Crippen LogP contribution in [0.2, 0.25) is 0 Å². The van der Waals surface area contributed by atoms with Crippen LogP contribution in [0.4, 0.5) is 0 Å². The second kappa shape index (κ2) is 6.33. The van der Waals surface area contributed by atoms with Crippen molar-refractivity contribution in [3.05, 3.63) is 16.0 Å². The Kier molecular flexibility index (Phi) is 9.45. The molecule has 8 heavy (non-hydrogen) atoms. The fourth-order valence-corrected chi connectivity index (χ4v) is 0. The van der Waals surface area contributed by atoms with Crippen molar-refractivity contribution >= 4 is 36.8 Å². The van der Waals surface area contributed by atoms with Crippen molar-refractivity contribution in [2.24, 2.45) is 0 Å². The minimum Gasteiger partial charge on any atom is -0.373 e.